The Balaban J connectivity index is 1.33. The van der Waals surface area contributed by atoms with Gasteiger partial charge in [-0.1, -0.05) is 186 Å². The summed E-state index contributed by atoms with van der Waals surface area (Å²) in [5.41, 5.74) is 8.56. The van der Waals surface area contributed by atoms with Crippen LogP contribution in [0.3, 0.4) is 0 Å². The number of nitrogens with zero attached hydrogens (tertiary/aromatic N) is 5. The van der Waals surface area contributed by atoms with Crippen molar-refractivity contribution in [3.63, 3.8) is 0 Å². The van der Waals surface area contributed by atoms with Crippen LogP contribution in [0.1, 0.15) is 107 Å². The minimum absolute atomic E-state index is 0.0271. The molecule has 1 saturated heterocycles. The van der Waals surface area contributed by atoms with Crippen molar-refractivity contribution < 1.29 is 92.0 Å². The first-order valence-electron chi connectivity index (χ1n) is 42.3. The summed E-state index contributed by atoms with van der Waals surface area (Å²) in [7, 11) is 6.54. The lowest BCUT2D eigenvalue weighted by atomic mass is 9.98. The van der Waals surface area contributed by atoms with E-state index in [9.17, 15) is 53.7 Å². The maximum Gasteiger partial charge on any atom is 0.305 e. The second-order valence-electron chi connectivity index (χ2n) is 32.7. The van der Waals surface area contributed by atoms with Gasteiger partial charge >= 0.3 is 5.97 Å². The summed E-state index contributed by atoms with van der Waals surface area (Å²) in [5, 5.41) is 55.0. The number of nitrogens with one attached hydrogen (secondary N) is 9. The molecule has 34 nitrogen and oxygen atoms in total. The topological polar surface area (TPSA) is 484 Å². The average molecular weight is 1810 g/mol. The van der Waals surface area contributed by atoms with Gasteiger partial charge in [0.25, 0.3) is 0 Å². The van der Waals surface area contributed by atoms with E-state index >= 15 is 38.4 Å². The molecule has 14 N–H and O–H groups in total. The van der Waals surface area contributed by atoms with E-state index in [1.54, 1.807) is 119 Å². The molecular formula is C92H118ClN15O19S. The summed E-state index contributed by atoms with van der Waals surface area (Å²) in [6.07, 6.45) is -1.23. The molecule has 6 aromatic carbocycles. The molecule has 0 unspecified atom stereocenters. The Labute approximate surface area is 754 Å². The first-order chi connectivity index (χ1) is 60.8. The van der Waals surface area contributed by atoms with Crippen LogP contribution in [-0.2, 0) is 115 Å². The Morgan fingerprint density at radius 1 is 0.453 bits per heavy atom. The molecule has 36 heteroatoms. The van der Waals surface area contributed by atoms with Gasteiger partial charge < -0.3 is 93.4 Å². The molecule has 15 amide bonds. The lowest BCUT2D eigenvalue weighted by Crippen LogP contribution is -2.61. The summed E-state index contributed by atoms with van der Waals surface area (Å²) in [5.74, 6) is -17.5. The summed E-state index contributed by atoms with van der Waals surface area (Å²) >= 11 is 7.14. The average Bonchev–Trinajstić information content (AvgIpc) is 0.813. The summed E-state index contributed by atoms with van der Waals surface area (Å²) in [6, 6.07) is 26.7. The Hall–Kier alpha value is -12.9. The minimum atomic E-state index is -1.91. The van der Waals surface area contributed by atoms with Gasteiger partial charge in [-0.25, -0.2) is 0 Å². The zero-order chi connectivity index (χ0) is 94.0. The van der Waals surface area contributed by atoms with Crippen LogP contribution in [-0.4, -0.2) is 267 Å². The predicted molar refractivity (Wildman–Crippen MR) is 480 cm³/mol. The van der Waals surface area contributed by atoms with Crippen molar-refractivity contribution in [2.24, 2.45) is 17.6 Å². The number of phenolic OH excluding ortho intramolecular Hbond substituents is 2. The highest BCUT2D eigenvalue weighted by atomic mass is 35.5. The van der Waals surface area contributed by atoms with Gasteiger partial charge in [0.1, 0.15) is 78.0 Å². The molecule has 1 aliphatic heterocycles. The van der Waals surface area contributed by atoms with Crippen LogP contribution in [0.4, 0.5) is 0 Å². The number of phenols is 2. The fraction of sp³-hybridized carbons (Fsp3) is 0.435. The van der Waals surface area contributed by atoms with Crippen LogP contribution in [0.25, 0.3) is 0 Å². The molecule has 11 atom stereocenters. The highest BCUT2D eigenvalue weighted by Crippen LogP contribution is 2.24. The Bertz CT molecular complexity index is 4810. The van der Waals surface area contributed by atoms with E-state index in [1.807, 2.05) is 19.1 Å². The number of aryl methyl sites for hydroxylation is 1. The molecule has 128 heavy (non-hydrogen) atoms. The smallest absolute Gasteiger partial charge is 0.305 e. The quantitative estimate of drug-likeness (QED) is 0.0414. The fourth-order valence-corrected chi connectivity index (χ4v) is 15.5. The second kappa shape index (κ2) is 50.4. The number of carbonyl (C=O) groups is 16. The van der Waals surface area contributed by atoms with Gasteiger partial charge in [0, 0.05) is 78.1 Å². The van der Waals surface area contributed by atoms with Gasteiger partial charge in [-0.15, -0.1) is 11.8 Å². The number of thioether (sulfide) groups is 1. The van der Waals surface area contributed by atoms with Gasteiger partial charge in [0.05, 0.1) is 31.8 Å². The highest BCUT2D eigenvalue weighted by molar-refractivity contribution is 8.00. The molecule has 0 aliphatic carbocycles. The van der Waals surface area contributed by atoms with Crippen molar-refractivity contribution in [3.05, 3.63) is 202 Å². The summed E-state index contributed by atoms with van der Waals surface area (Å²) in [4.78, 5) is 239. The molecule has 0 spiro atoms. The number of amides is 15. The largest absolute Gasteiger partial charge is 0.508 e. The number of nitrogens with two attached hydrogens (primary N) is 1. The number of hydrogen-bond donors (Lipinski definition) is 13. The van der Waals surface area contributed by atoms with Gasteiger partial charge in [-0.05, 0) is 107 Å². The van der Waals surface area contributed by atoms with Gasteiger partial charge in [-0.3, -0.25) is 76.7 Å². The van der Waals surface area contributed by atoms with Gasteiger partial charge in [-0.2, -0.15) is 0 Å². The van der Waals surface area contributed by atoms with E-state index in [0.717, 1.165) is 32.0 Å². The number of rotatable bonds is 24. The van der Waals surface area contributed by atoms with Crippen LogP contribution in [0.2, 0.25) is 5.02 Å². The van der Waals surface area contributed by atoms with Crippen LogP contribution < -0.4 is 53.6 Å². The van der Waals surface area contributed by atoms with E-state index in [-0.39, 0.29) is 81.0 Å². The zero-order valence-electron chi connectivity index (χ0n) is 73.6. The SMILES string of the molecule is CCCC[C@H]1C(=O)N(C)CC(=O)N[C@@H](CC(=O)O)C(=O)N[C@@H](C(C)C)C(=O)N(C)[C@@H](Cc2ccccc2)C(=O)N[C@@H](Cc2ccc(O)cc2)C(=O)N(C)CC(=O)N[C@@H](Cc2ccc(Cl)cc2)C(=O)N[C@@H](Cc2ccc(O)cc2)C(=O)N[C@@H](CC(C)C)C(=O)N[C@H](C(=O)NCC(N)=O)CSCC(=O)N[C@@H](Cc2ccccc2)C(=O)N(C)[C@@H](CCc2ccccc2)C(=O)N1C. The van der Waals surface area contributed by atoms with Gasteiger partial charge in [0.2, 0.25) is 88.6 Å². The normalized spacial score (nSPS) is 21.9. The number of hydrogen-bond acceptors (Lipinski definition) is 19. The summed E-state index contributed by atoms with van der Waals surface area (Å²) < 4.78 is 0. The van der Waals surface area contributed by atoms with Gasteiger partial charge in [0.15, 0.2) is 0 Å². The number of aromatic hydroxyl groups is 2. The first kappa shape index (κ1) is 102. The molecule has 1 aliphatic rings. The summed E-state index contributed by atoms with van der Waals surface area (Å²) in [6.45, 7) is 6.15. The van der Waals surface area contributed by atoms with Crippen molar-refractivity contribution in [2.45, 2.75) is 178 Å². The van der Waals surface area contributed by atoms with Crippen LogP contribution in [0, 0.1) is 11.8 Å². The number of unbranched alkanes of at least 4 members (excludes halogenated alkanes) is 1. The third kappa shape index (κ3) is 32.5. The molecule has 0 aromatic heterocycles. The fourth-order valence-electron chi connectivity index (χ4n) is 14.5. The Morgan fingerprint density at radius 3 is 1.38 bits per heavy atom. The first-order valence-corrected chi connectivity index (χ1v) is 43.8. The van der Waals surface area contributed by atoms with E-state index in [4.69, 9.17) is 17.3 Å². The Morgan fingerprint density at radius 2 is 0.867 bits per heavy atom. The number of carbonyl (C=O) groups excluding carboxylic acids is 15. The molecule has 0 saturated carbocycles. The Kier molecular flexibility index (Phi) is 40.2. The molecule has 6 aromatic rings. The maximum absolute atomic E-state index is 15.5. The number of likely N-dealkylation sites (N-methyl/N-ethyl adjacent to an activating group) is 5. The number of primary amides is 1. The molecule has 1 heterocycles. The van der Waals surface area contributed by atoms with Crippen LogP contribution >= 0.6 is 23.4 Å². The predicted octanol–water partition coefficient (Wildman–Crippen LogP) is 2.89. The molecule has 688 valence electrons. The number of carboxylic acids is 1. The van der Waals surface area contributed by atoms with Crippen molar-refractivity contribution in [2.75, 3.05) is 66.4 Å². The number of carboxylic acid groups (broad SMARTS) is 1. The molecule has 1 fully saturated rings. The van der Waals surface area contributed by atoms with E-state index in [2.05, 4.69) is 47.9 Å². The molecule has 7 rings (SSSR count). The molecular weight excluding hydrogens is 1690 g/mol. The third-order valence-electron chi connectivity index (χ3n) is 21.6. The van der Waals surface area contributed by atoms with E-state index in [1.165, 1.54) is 106 Å². The lowest BCUT2D eigenvalue weighted by molar-refractivity contribution is -0.151. The van der Waals surface area contributed by atoms with Crippen LogP contribution in [0.5, 0.6) is 11.5 Å². The van der Waals surface area contributed by atoms with Crippen molar-refractivity contribution >= 4 is 118 Å². The minimum Gasteiger partial charge on any atom is -0.508 e. The molecule has 0 bridgehead atoms. The van der Waals surface area contributed by atoms with Crippen molar-refractivity contribution in [3.8, 4) is 11.5 Å². The monoisotopic (exact) mass is 1800 g/mol. The lowest BCUT2D eigenvalue weighted by Gasteiger charge is -2.37. The van der Waals surface area contributed by atoms with E-state index < -0.39 is 199 Å². The zero-order valence-corrected chi connectivity index (χ0v) is 75.2. The molecule has 0 radical (unpaired) electrons. The van der Waals surface area contributed by atoms with Crippen LogP contribution in [0.15, 0.2) is 164 Å². The third-order valence-corrected chi connectivity index (χ3v) is 22.9. The number of halogens is 1. The van der Waals surface area contributed by atoms with Crippen molar-refractivity contribution in [1.82, 2.24) is 72.4 Å². The number of benzene rings is 6. The maximum atomic E-state index is 15.5. The highest BCUT2D eigenvalue weighted by Gasteiger charge is 2.42. The standard InChI is InChI=1S/C92H118ClN15O19S/c1-11-12-28-73-90(125)105(7)52-78(113)97-69(49-80(115)116)86(121)103-81(56(4)5)92(127)108(10)75(48-59-26-20-15-21-27-59)87(122)101-70(47-62-33-40-65(110)41-34-62)88(123)104(6)51-77(112)96-67(44-60-29-36-63(93)37-30-60)84(119)100-68(45-61-31-38-64(109)39-32-61)85(120)99-66(43-55(2)3)83(118)102-72(82(117)95-50-76(94)111)53-128-54-79(114)98-71(46-58-24-18-14-19-25-58)89(124)106(8)74(91(126)107(73)9)42-35-57-22-16-13-17-23-57/h13-27,29-34,36-41,55-56,66-75,81,109-110H,11-12,28,35,42-54H2,1-10H3,(H2,94,111)(H,95,117)(H,96,112)(H,97,113)(H,98,114)(H,99,120)(H,100,119)(H,101,122)(H,102,118)(H,103,121)(H,115,116)/t66-,67-,68-,69-,70-,71-,72-,73-,74-,75-,81-/m0/s1. The van der Waals surface area contributed by atoms with Crippen molar-refractivity contribution in [1.29, 1.82) is 0 Å². The second-order valence-corrected chi connectivity index (χ2v) is 34.1. The number of aliphatic carboxylic acids is 1. The van der Waals surface area contributed by atoms with E-state index in [0.29, 0.717) is 45.7 Å².